The minimum absolute atomic E-state index is 0.0440. The molecular weight excluding hydrogens is 280 g/mol. The standard InChI is InChI=1S/C16H20N4O2/c21-14(12-6-2-1-3-7-12)10-15(22)20-9-5-4-8-13(20)16-17-11-18-19-16/h1-3,6-7,11,13-14,21H,4-5,8-10H2,(H,17,18,19). The first-order valence-electron chi connectivity index (χ1n) is 7.63. The molecule has 2 aromatic rings. The van der Waals surface area contributed by atoms with Crippen LogP contribution in [0.1, 0.15) is 49.2 Å². The highest BCUT2D eigenvalue weighted by atomic mass is 16.3. The summed E-state index contributed by atoms with van der Waals surface area (Å²) in [6.07, 6.45) is 3.71. The number of rotatable bonds is 4. The van der Waals surface area contributed by atoms with Crippen molar-refractivity contribution in [1.82, 2.24) is 20.1 Å². The van der Waals surface area contributed by atoms with E-state index in [-0.39, 0.29) is 18.4 Å². The molecule has 0 radical (unpaired) electrons. The van der Waals surface area contributed by atoms with Crippen LogP contribution in [0.2, 0.25) is 0 Å². The van der Waals surface area contributed by atoms with Crippen molar-refractivity contribution in [3.8, 4) is 0 Å². The molecule has 1 aromatic heterocycles. The molecule has 6 nitrogen and oxygen atoms in total. The van der Waals surface area contributed by atoms with Gasteiger partial charge in [-0.1, -0.05) is 30.3 Å². The molecule has 1 aliphatic heterocycles. The van der Waals surface area contributed by atoms with Crippen molar-refractivity contribution in [2.75, 3.05) is 6.54 Å². The van der Waals surface area contributed by atoms with E-state index in [4.69, 9.17) is 0 Å². The summed E-state index contributed by atoms with van der Waals surface area (Å²) < 4.78 is 0. The fourth-order valence-electron chi connectivity index (χ4n) is 2.97. The van der Waals surface area contributed by atoms with Crippen molar-refractivity contribution >= 4 is 5.91 Å². The summed E-state index contributed by atoms with van der Waals surface area (Å²) in [6.45, 7) is 0.700. The molecule has 0 saturated carbocycles. The van der Waals surface area contributed by atoms with Gasteiger partial charge < -0.3 is 10.0 Å². The van der Waals surface area contributed by atoms with E-state index in [9.17, 15) is 9.90 Å². The summed E-state index contributed by atoms with van der Waals surface area (Å²) in [6, 6.07) is 9.22. The lowest BCUT2D eigenvalue weighted by atomic mass is 9.99. The quantitative estimate of drug-likeness (QED) is 0.904. The number of carbonyl (C=O) groups excluding carboxylic acids is 1. The lowest BCUT2D eigenvalue weighted by Crippen LogP contribution is -2.39. The lowest BCUT2D eigenvalue weighted by Gasteiger charge is -2.34. The van der Waals surface area contributed by atoms with Gasteiger partial charge in [0.25, 0.3) is 0 Å². The Hall–Kier alpha value is -2.21. The van der Waals surface area contributed by atoms with Crippen LogP contribution in [0.15, 0.2) is 36.7 Å². The largest absolute Gasteiger partial charge is 0.388 e. The predicted molar refractivity (Wildman–Crippen MR) is 80.7 cm³/mol. The molecule has 22 heavy (non-hydrogen) atoms. The Morgan fingerprint density at radius 2 is 2.18 bits per heavy atom. The number of aromatic amines is 1. The van der Waals surface area contributed by atoms with Gasteiger partial charge in [-0.25, -0.2) is 4.98 Å². The number of nitrogens with zero attached hydrogens (tertiary/aromatic N) is 3. The molecule has 2 heterocycles. The van der Waals surface area contributed by atoms with E-state index in [2.05, 4.69) is 15.2 Å². The van der Waals surface area contributed by atoms with Gasteiger partial charge in [0.05, 0.1) is 18.6 Å². The molecule has 1 saturated heterocycles. The molecule has 3 rings (SSSR count). The van der Waals surface area contributed by atoms with E-state index in [1.165, 1.54) is 6.33 Å². The zero-order chi connectivity index (χ0) is 15.4. The minimum atomic E-state index is -0.772. The van der Waals surface area contributed by atoms with E-state index in [1.807, 2.05) is 35.2 Å². The Morgan fingerprint density at radius 3 is 2.91 bits per heavy atom. The summed E-state index contributed by atoms with van der Waals surface area (Å²) in [5.74, 6) is 0.680. The van der Waals surface area contributed by atoms with Gasteiger partial charge in [-0.05, 0) is 24.8 Å². The summed E-state index contributed by atoms with van der Waals surface area (Å²) in [7, 11) is 0. The Bertz CT molecular complexity index is 600. The maximum atomic E-state index is 12.6. The third-order valence-electron chi connectivity index (χ3n) is 4.12. The molecule has 0 aliphatic carbocycles. The first-order chi connectivity index (χ1) is 10.8. The van der Waals surface area contributed by atoms with Crippen LogP contribution >= 0.6 is 0 Å². The second-order valence-electron chi connectivity index (χ2n) is 5.60. The second kappa shape index (κ2) is 6.70. The number of aromatic nitrogens is 3. The molecule has 2 atom stereocenters. The van der Waals surface area contributed by atoms with Gasteiger partial charge >= 0.3 is 0 Å². The smallest absolute Gasteiger partial charge is 0.226 e. The predicted octanol–water partition coefficient (Wildman–Crippen LogP) is 1.98. The number of carbonyl (C=O) groups is 1. The highest BCUT2D eigenvalue weighted by Gasteiger charge is 2.30. The third-order valence-corrected chi connectivity index (χ3v) is 4.12. The summed E-state index contributed by atoms with van der Waals surface area (Å²) in [4.78, 5) is 18.6. The Labute approximate surface area is 129 Å². The minimum Gasteiger partial charge on any atom is -0.388 e. The first-order valence-corrected chi connectivity index (χ1v) is 7.63. The van der Waals surface area contributed by atoms with Gasteiger partial charge in [0, 0.05) is 6.54 Å². The summed E-state index contributed by atoms with van der Waals surface area (Å²) in [5.41, 5.74) is 0.768. The molecule has 1 amide bonds. The molecule has 2 unspecified atom stereocenters. The number of nitrogens with one attached hydrogen (secondary N) is 1. The van der Waals surface area contributed by atoms with Crippen LogP contribution in [0.4, 0.5) is 0 Å². The highest BCUT2D eigenvalue weighted by Crippen LogP contribution is 2.30. The Morgan fingerprint density at radius 1 is 1.36 bits per heavy atom. The van der Waals surface area contributed by atoms with E-state index >= 15 is 0 Å². The van der Waals surface area contributed by atoms with Crippen LogP contribution in [-0.2, 0) is 4.79 Å². The number of amides is 1. The van der Waals surface area contributed by atoms with E-state index in [0.717, 1.165) is 30.7 Å². The zero-order valence-electron chi connectivity index (χ0n) is 12.4. The number of benzene rings is 1. The van der Waals surface area contributed by atoms with Crippen LogP contribution in [-0.4, -0.2) is 37.6 Å². The van der Waals surface area contributed by atoms with Gasteiger partial charge in [-0.15, -0.1) is 0 Å². The van der Waals surface area contributed by atoms with Crippen LogP contribution in [0, 0.1) is 0 Å². The zero-order valence-corrected chi connectivity index (χ0v) is 12.4. The number of aliphatic hydroxyl groups is 1. The number of aliphatic hydroxyl groups excluding tert-OH is 1. The maximum Gasteiger partial charge on any atom is 0.226 e. The van der Waals surface area contributed by atoms with Gasteiger partial charge in [0.15, 0.2) is 0 Å². The lowest BCUT2D eigenvalue weighted by molar-refractivity contribution is -0.137. The monoisotopic (exact) mass is 300 g/mol. The van der Waals surface area contributed by atoms with Crippen molar-refractivity contribution in [2.24, 2.45) is 0 Å². The second-order valence-corrected chi connectivity index (χ2v) is 5.60. The number of hydrogen-bond acceptors (Lipinski definition) is 4. The molecule has 6 heteroatoms. The van der Waals surface area contributed by atoms with Crippen LogP contribution < -0.4 is 0 Å². The third kappa shape index (κ3) is 3.17. The number of H-pyrrole nitrogens is 1. The molecular formula is C16H20N4O2. The van der Waals surface area contributed by atoms with Crippen LogP contribution in [0.3, 0.4) is 0 Å². The molecule has 1 aliphatic rings. The topological polar surface area (TPSA) is 82.1 Å². The normalized spacial score (nSPS) is 19.9. The molecule has 0 bridgehead atoms. The molecule has 1 aromatic carbocycles. The highest BCUT2D eigenvalue weighted by molar-refractivity contribution is 5.77. The van der Waals surface area contributed by atoms with Crippen LogP contribution in [0.25, 0.3) is 0 Å². The van der Waals surface area contributed by atoms with Gasteiger partial charge in [-0.3, -0.25) is 9.89 Å². The fourth-order valence-corrected chi connectivity index (χ4v) is 2.97. The number of likely N-dealkylation sites (tertiary alicyclic amines) is 1. The van der Waals surface area contributed by atoms with E-state index < -0.39 is 6.10 Å². The molecule has 0 spiro atoms. The average Bonchev–Trinajstić information content (AvgIpc) is 3.10. The fraction of sp³-hybridized carbons (Fsp3) is 0.438. The van der Waals surface area contributed by atoms with Crippen molar-refractivity contribution in [2.45, 2.75) is 37.8 Å². The van der Waals surface area contributed by atoms with Crippen molar-refractivity contribution < 1.29 is 9.90 Å². The number of hydrogen-bond donors (Lipinski definition) is 2. The summed E-state index contributed by atoms with van der Waals surface area (Å²) in [5, 5.41) is 17.0. The van der Waals surface area contributed by atoms with E-state index in [1.54, 1.807) is 0 Å². The Balaban J connectivity index is 1.70. The number of piperidine rings is 1. The average molecular weight is 300 g/mol. The first kappa shape index (κ1) is 14.7. The van der Waals surface area contributed by atoms with Crippen molar-refractivity contribution in [3.63, 3.8) is 0 Å². The van der Waals surface area contributed by atoms with Crippen LogP contribution in [0.5, 0.6) is 0 Å². The van der Waals surface area contributed by atoms with Gasteiger partial charge in [0.1, 0.15) is 12.2 Å². The summed E-state index contributed by atoms with van der Waals surface area (Å²) >= 11 is 0. The SMILES string of the molecule is O=C(CC(O)c1ccccc1)N1CCCCC1c1ncn[nH]1. The molecule has 1 fully saturated rings. The maximum absolute atomic E-state index is 12.6. The van der Waals surface area contributed by atoms with Crippen molar-refractivity contribution in [1.29, 1.82) is 0 Å². The molecule has 116 valence electrons. The van der Waals surface area contributed by atoms with E-state index in [0.29, 0.717) is 6.54 Å². The molecule has 2 N–H and O–H groups in total. The van der Waals surface area contributed by atoms with Crippen molar-refractivity contribution in [3.05, 3.63) is 48.0 Å². The van der Waals surface area contributed by atoms with Gasteiger partial charge in [-0.2, -0.15) is 5.10 Å². The Kier molecular flexibility index (Phi) is 4.48. The van der Waals surface area contributed by atoms with Gasteiger partial charge in [0.2, 0.25) is 5.91 Å².